The third-order valence-corrected chi connectivity index (χ3v) is 6.23. The van der Waals surface area contributed by atoms with E-state index < -0.39 is 6.04 Å². The van der Waals surface area contributed by atoms with E-state index in [9.17, 15) is 9.59 Å². The lowest BCUT2D eigenvalue weighted by molar-refractivity contribution is -0.129. The number of pyridine rings is 1. The molecular formula is C24H31N5O2S. The van der Waals surface area contributed by atoms with Crippen LogP contribution < -0.4 is 21.7 Å². The first-order valence-electron chi connectivity index (χ1n) is 10.8. The highest BCUT2D eigenvalue weighted by Crippen LogP contribution is 2.28. The maximum Gasteiger partial charge on any atom is 0.242 e. The highest BCUT2D eigenvalue weighted by molar-refractivity contribution is 7.19. The summed E-state index contributed by atoms with van der Waals surface area (Å²) in [5, 5.41) is 9.96. The van der Waals surface area contributed by atoms with Gasteiger partial charge in [-0.25, -0.2) is 4.98 Å². The molecule has 1 aromatic carbocycles. The van der Waals surface area contributed by atoms with Crippen LogP contribution in [0.1, 0.15) is 37.6 Å². The molecule has 8 heteroatoms. The Kier molecular flexibility index (Phi) is 8.19. The Morgan fingerprint density at radius 1 is 1.09 bits per heavy atom. The third-order valence-electron chi connectivity index (χ3n) is 5.13. The summed E-state index contributed by atoms with van der Waals surface area (Å²) >= 11 is 1.56. The molecule has 0 unspecified atom stereocenters. The van der Waals surface area contributed by atoms with Crippen LogP contribution in [0.2, 0.25) is 0 Å². The molecule has 2 heterocycles. The summed E-state index contributed by atoms with van der Waals surface area (Å²) in [4.78, 5) is 30.5. The van der Waals surface area contributed by atoms with Gasteiger partial charge in [0.05, 0.1) is 12.6 Å². The Labute approximate surface area is 192 Å². The van der Waals surface area contributed by atoms with E-state index in [-0.39, 0.29) is 23.9 Å². The lowest BCUT2D eigenvalue weighted by Crippen LogP contribution is -2.52. The molecule has 0 radical (unpaired) electrons. The van der Waals surface area contributed by atoms with Crippen molar-refractivity contribution < 1.29 is 9.59 Å². The van der Waals surface area contributed by atoms with Crippen molar-refractivity contribution in [3.8, 4) is 0 Å². The van der Waals surface area contributed by atoms with Gasteiger partial charge in [0.25, 0.3) is 0 Å². The summed E-state index contributed by atoms with van der Waals surface area (Å²) in [5.74, 6) is 0.0856. The average molecular weight is 454 g/mol. The molecule has 2 aromatic heterocycles. The van der Waals surface area contributed by atoms with Crippen molar-refractivity contribution in [3.63, 3.8) is 0 Å². The van der Waals surface area contributed by atoms with E-state index in [1.165, 1.54) is 5.56 Å². The summed E-state index contributed by atoms with van der Waals surface area (Å²) in [6.07, 6.45) is 3.11. The molecule has 2 amide bonds. The van der Waals surface area contributed by atoms with Gasteiger partial charge in [-0.2, -0.15) is 0 Å². The molecule has 7 nitrogen and oxygen atoms in total. The van der Waals surface area contributed by atoms with E-state index in [0.29, 0.717) is 18.8 Å². The first-order chi connectivity index (χ1) is 15.3. The van der Waals surface area contributed by atoms with E-state index in [1.54, 1.807) is 24.5 Å². The topological polar surface area (TPSA) is 109 Å². The predicted molar refractivity (Wildman–Crippen MR) is 130 cm³/mol. The zero-order chi connectivity index (χ0) is 23.1. The third kappa shape index (κ3) is 6.51. The SMILES string of the molecule is CC(C)N[C@H](CCc1ccccc1)C(=O)N[C@@H](C)C(=O)NCc1cc2c(N)nccc2s1. The van der Waals surface area contributed by atoms with Crippen molar-refractivity contribution >= 4 is 39.1 Å². The minimum Gasteiger partial charge on any atom is -0.383 e. The molecule has 0 aliphatic heterocycles. The van der Waals surface area contributed by atoms with Crippen molar-refractivity contribution in [2.45, 2.75) is 58.3 Å². The fourth-order valence-electron chi connectivity index (χ4n) is 3.48. The largest absolute Gasteiger partial charge is 0.383 e. The zero-order valence-electron chi connectivity index (χ0n) is 18.7. The molecule has 0 bridgehead atoms. The van der Waals surface area contributed by atoms with E-state index >= 15 is 0 Å². The Morgan fingerprint density at radius 3 is 2.53 bits per heavy atom. The molecule has 0 saturated heterocycles. The summed E-state index contributed by atoms with van der Waals surface area (Å²) in [5.41, 5.74) is 7.09. The molecule has 0 saturated carbocycles. The number of benzene rings is 1. The Morgan fingerprint density at radius 2 is 1.84 bits per heavy atom. The number of anilines is 1. The fourth-order valence-corrected chi connectivity index (χ4v) is 4.48. The second-order valence-electron chi connectivity index (χ2n) is 8.17. The Balaban J connectivity index is 1.53. The number of nitrogens with one attached hydrogen (secondary N) is 3. The number of hydrogen-bond acceptors (Lipinski definition) is 6. The number of carbonyl (C=O) groups is 2. The number of fused-ring (bicyclic) bond motifs is 1. The minimum absolute atomic E-state index is 0.153. The van der Waals surface area contributed by atoms with Gasteiger partial charge >= 0.3 is 0 Å². The number of thiophene rings is 1. The van der Waals surface area contributed by atoms with E-state index in [1.807, 2.05) is 44.2 Å². The van der Waals surface area contributed by atoms with Crippen LogP contribution in [0, 0.1) is 0 Å². The second kappa shape index (κ2) is 11.1. The number of nitrogen functional groups attached to an aromatic ring is 1. The van der Waals surface area contributed by atoms with Crippen molar-refractivity contribution in [2.75, 3.05) is 5.73 Å². The van der Waals surface area contributed by atoms with Crippen LogP contribution >= 0.6 is 11.3 Å². The first-order valence-corrected chi connectivity index (χ1v) is 11.7. The summed E-state index contributed by atoms with van der Waals surface area (Å²) in [6, 6.07) is 13.1. The van der Waals surface area contributed by atoms with Gasteiger partial charge in [0.1, 0.15) is 11.9 Å². The molecule has 0 aliphatic rings. The van der Waals surface area contributed by atoms with Crippen LogP contribution in [0.4, 0.5) is 5.82 Å². The molecule has 3 rings (SSSR count). The van der Waals surface area contributed by atoms with Crippen LogP contribution in [-0.2, 0) is 22.6 Å². The molecule has 5 N–H and O–H groups in total. The molecule has 0 aliphatic carbocycles. The molecule has 0 spiro atoms. The van der Waals surface area contributed by atoms with Crippen molar-refractivity contribution in [1.82, 2.24) is 20.9 Å². The van der Waals surface area contributed by atoms with Gasteiger partial charge < -0.3 is 21.7 Å². The monoisotopic (exact) mass is 453 g/mol. The molecule has 170 valence electrons. The summed E-state index contributed by atoms with van der Waals surface area (Å²) in [7, 11) is 0. The maximum atomic E-state index is 12.9. The highest BCUT2D eigenvalue weighted by Gasteiger charge is 2.23. The van der Waals surface area contributed by atoms with Crippen LogP contribution in [0.5, 0.6) is 0 Å². The lowest BCUT2D eigenvalue weighted by Gasteiger charge is -2.23. The van der Waals surface area contributed by atoms with Gasteiger partial charge in [-0.05, 0) is 37.5 Å². The normalized spacial score (nSPS) is 13.1. The number of nitrogens with zero attached hydrogens (tertiary/aromatic N) is 1. The van der Waals surface area contributed by atoms with Gasteiger partial charge in [0.15, 0.2) is 0 Å². The van der Waals surface area contributed by atoms with Crippen molar-refractivity contribution in [1.29, 1.82) is 0 Å². The quantitative estimate of drug-likeness (QED) is 0.377. The van der Waals surface area contributed by atoms with Crippen molar-refractivity contribution in [2.24, 2.45) is 0 Å². The number of aryl methyl sites for hydroxylation is 1. The smallest absolute Gasteiger partial charge is 0.242 e. The number of amides is 2. The zero-order valence-corrected chi connectivity index (χ0v) is 19.5. The highest BCUT2D eigenvalue weighted by atomic mass is 32.1. The van der Waals surface area contributed by atoms with Gasteiger partial charge in [-0.3, -0.25) is 9.59 Å². The number of rotatable bonds is 10. The number of aromatic nitrogens is 1. The minimum atomic E-state index is -0.642. The molecule has 0 fully saturated rings. The number of carbonyl (C=O) groups excluding carboxylic acids is 2. The van der Waals surface area contributed by atoms with Gasteiger partial charge in [0, 0.05) is 27.2 Å². The number of hydrogen-bond donors (Lipinski definition) is 4. The van der Waals surface area contributed by atoms with Crippen molar-refractivity contribution in [3.05, 3.63) is 59.1 Å². The van der Waals surface area contributed by atoms with Gasteiger partial charge in [0.2, 0.25) is 11.8 Å². The predicted octanol–water partition coefficient (Wildman–Crippen LogP) is 3.00. The molecule has 2 atom stereocenters. The molecule has 3 aromatic rings. The first kappa shape index (κ1) is 23.7. The fraction of sp³-hybridized carbons (Fsp3) is 0.375. The van der Waals surface area contributed by atoms with Gasteiger partial charge in [-0.15, -0.1) is 11.3 Å². The van der Waals surface area contributed by atoms with E-state index in [0.717, 1.165) is 21.4 Å². The summed E-state index contributed by atoms with van der Waals surface area (Å²) in [6.45, 7) is 6.08. The Hall–Kier alpha value is -2.97. The lowest BCUT2D eigenvalue weighted by atomic mass is 10.0. The Bertz CT molecular complexity index is 1050. The van der Waals surface area contributed by atoms with Gasteiger partial charge in [-0.1, -0.05) is 44.2 Å². The average Bonchev–Trinajstić information content (AvgIpc) is 3.20. The van der Waals surface area contributed by atoms with Crippen LogP contribution in [0.3, 0.4) is 0 Å². The standard InChI is InChI=1S/C24H31N5O2S/c1-15(2)28-20(10-9-17-7-5-4-6-8-17)24(31)29-16(3)23(30)27-14-18-13-19-21(32-18)11-12-26-22(19)25/h4-8,11-13,15-16,20,28H,9-10,14H2,1-3H3,(H2,25,26)(H,27,30)(H,29,31)/t16-,20+/m0/s1. The van der Waals surface area contributed by atoms with Crippen LogP contribution in [0.25, 0.3) is 10.1 Å². The second-order valence-corrected chi connectivity index (χ2v) is 9.34. The molecule has 32 heavy (non-hydrogen) atoms. The molecular weight excluding hydrogens is 422 g/mol. The number of nitrogens with two attached hydrogens (primary N) is 1. The van der Waals surface area contributed by atoms with Crippen LogP contribution in [-0.4, -0.2) is 34.9 Å². The van der Waals surface area contributed by atoms with E-state index in [4.69, 9.17) is 5.73 Å². The van der Waals surface area contributed by atoms with E-state index in [2.05, 4.69) is 33.1 Å². The van der Waals surface area contributed by atoms with Crippen LogP contribution in [0.15, 0.2) is 48.7 Å². The summed E-state index contributed by atoms with van der Waals surface area (Å²) < 4.78 is 1.03. The maximum absolute atomic E-state index is 12.9.